The fourth-order valence-electron chi connectivity index (χ4n) is 2.93. The highest BCUT2D eigenvalue weighted by atomic mass is 14.3. The van der Waals surface area contributed by atoms with E-state index >= 15 is 0 Å². The van der Waals surface area contributed by atoms with Crippen molar-refractivity contribution in [3.63, 3.8) is 0 Å². The summed E-state index contributed by atoms with van der Waals surface area (Å²) in [5.74, 6) is 0.633. The molecular weight excluding hydrogens is 216 g/mol. The molecule has 92 valence electrons. The van der Waals surface area contributed by atoms with Gasteiger partial charge >= 0.3 is 0 Å². The van der Waals surface area contributed by atoms with Crippen LogP contribution in [0.2, 0.25) is 0 Å². The zero-order valence-corrected chi connectivity index (χ0v) is 11.5. The lowest BCUT2D eigenvalue weighted by Crippen LogP contribution is -2.04. The van der Waals surface area contributed by atoms with Gasteiger partial charge in [0.25, 0.3) is 0 Å². The van der Waals surface area contributed by atoms with E-state index in [1.807, 2.05) is 0 Å². The maximum absolute atomic E-state index is 4.09. The largest absolute Gasteiger partial charge is 0.0958 e. The van der Waals surface area contributed by atoms with E-state index < -0.39 is 0 Å². The fourth-order valence-corrected chi connectivity index (χ4v) is 2.93. The molecule has 0 aromatic rings. The van der Waals surface area contributed by atoms with Crippen LogP contribution in [0.4, 0.5) is 0 Å². The quantitative estimate of drug-likeness (QED) is 0.630. The monoisotopic (exact) mass is 236 g/mol. The van der Waals surface area contributed by atoms with Crippen LogP contribution in [0, 0.1) is 5.92 Å². The van der Waals surface area contributed by atoms with Crippen molar-refractivity contribution in [2.75, 3.05) is 0 Å². The second-order valence-electron chi connectivity index (χ2n) is 5.72. The summed E-state index contributed by atoms with van der Waals surface area (Å²) in [7, 11) is 0. The van der Waals surface area contributed by atoms with Crippen LogP contribution in [0.5, 0.6) is 0 Å². The number of allylic oxidation sites excluding steroid dienone is 11. The molecule has 0 spiro atoms. The van der Waals surface area contributed by atoms with E-state index in [2.05, 4.69) is 51.7 Å². The normalized spacial score (nSPS) is 25.8. The molecule has 3 aliphatic carbocycles. The first-order chi connectivity index (χ1) is 8.58. The van der Waals surface area contributed by atoms with Gasteiger partial charge in [0.2, 0.25) is 0 Å². The van der Waals surface area contributed by atoms with Crippen LogP contribution in [0.15, 0.2) is 69.9 Å². The Kier molecular flexibility index (Phi) is 2.55. The van der Waals surface area contributed by atoms with Crippen LogP contribution in [-0.2, 0) is 0 Å². The number of fused-ring (bicyclic) bond motifs is 1. The zero-order chi connectivity index (χ0) is 12.9. The zero-order valence-electron chi connectivity index (χ0n) is 11.5. The summed E-state index contributed by atoms with van der Waals surface area (Å²) in [5.41, 5.74) is 10.0. The highest BCUT2D eigenvalue weighted by Crippen LogP contribution is 2.45. The van der Waals surface area contributed by atoms with Gasteiger partial charge in [-0.25, -0.2) is 0 Å². The highest BCUT2D eigenvalue weighted by Gasteiger charge is 2.29. The van der Waals surface area contributed by atoms with Crippen LogP contribution >= 0.6 is 0 Å². The van der Waals surface area contributed by atoms with Gasteiger partial charge in [-0.05, 0) is 55.9 Å². The molecule has 0 fully saturated rings. The lowest BCUT2D eigenvalue weighted by Gasteiger charge is -2.22. The minimum atomic E-state index is 0.633. The Labute approximate surface area is 110 Å². The van der Waals surface area contributed by atoms with Gasteiger partial charge in [0, 0.05) is 5.92 Å². The summed E-state index contributed by atoms with van der Waals surface area (Å²) in [4.78, 5) is 0. The molecule has 0 radical (unpaired) electrons. The summed E-state index contributed by atoms with van der Waals surface area (Å²) >= 11 is 0. The van der Waals surface area contributed by atoms with Crippen LogP contribution < -0.4 is 0 Å². The van der Waals surface area contributed by atoms with Crippen molar-refractivity contribution in [1.82, 2.24) is 0 Å². The van der Waals surface area contributed by atoms with E-state index in [1.165, 1.54) is 45.4 Å². The molecule has 0 saturated heterocycles. The van der Waals surface area contributed by atoms with Gasteiger partial charge in [-0.3, -0.25) is 0 Å². The lowest BCUT2D eigenvalue weighted by atomic mass is 9.83. The summed E-state index contributed by atoms with van der Waals surface area (Å²) in [6.07, 6.45) is 11.6. The van der Waals surface area contributed by atoms with Crippen molar-refractivity contribution in [2.24, 2.45) is 5.92 Å². The lowest BCUT2D eigenvalue weighted by molar-refractivity contribution is 0.893. The molecule has 0 saturated carbocycles. The molecule has 3 rings (SSSR count). The van der Waals surface area contributed by atoms with Crippen molar-refractivity contribution in [3.8, 4) is 0 Å². The summed E-state index contributed by atoms with van der Waals surface area (Å²) in [6, 6.07) is 0. The first-order valence-electron chi connectivity index (χ1n) is 6.75. The van der Waals surface area contributed by atoms with Crippen molar-refractivity contribution in [1.29, 1.82) is 0 Å². The second-order valence-corrected chi connectivity index (χ2v) is 5.72. The van der Waals surface area contributed by atoms with Gasteiger partial charge < -0.3 is 0 Å². The van der Waals surface area contributed by atoms with Gasteiger partial charge in [0.05, 0.1) is 0 Å². The van der Waals surface area contributed by atoms with Crippen LogP contribution in [0.25, 0.3) is 0 Å². The molecule has 0 unspecified atom stereocenters. The Balaban J connectivity index is 2.03. The number of rotatable bonds is 2. The molecule has 0 N–H and O–H groups in total. The smallest absolute Gasteiger partial charge is 0.0237 e. The van der Waals surface area contributed by atoms with Crippen LogP contribution in [0.3, 0.4) is 0 Å². The standard InChI is InChI=1S/C18H20/c1-11(2)14-6-5-12(3)17(9-14)16-8-7-15-10-18(15)13(16)4/h7-10,18H,1,5-6H2,2-4H3/t18-/m1/s1. The Morgan fingerprint density at radius 3 is 2.67 bits per heavy atom. The number of hydrogen-bond acceptors (Lipinski definition) is 0. The molecule has 0 heterocycles. The average Bonchev–Trinajstić information content (AvgIpc) is 3.11. The van der Waals surface area contributed by atoms with Gasteiger partial charge in [-0.2, -0.15) is 0 Å². The third-order valence-corrected chi connectivity index (χ3v) is 4.33. The van der Waals surface area contributed by atoms with E-state index in [4.69, 9.17) is 0 Å². The Bertz CT molecular complexity index is 586. The second kappa shape index (κ2) is 3.98. The van der Waals surface area contributed by atoms with Crippen molar-refractivity contribution in [3.05, 3.63) is 69.9 Å². The number of hydrogen-bond donors (Lipinski definition) is 0. The SMILES string of the molecule is C=C(C)C1=CC(C2=C(C)[C@H]3C=C3C=C2)=C(C)CC1. The predicted molar refractivity (Wildman–Crippen MR) is 78.2 cm³/mol. The molecular formula is C18H20. The van der Waals surface area contributed by atoms with Crippen LogP contribution in [-0.4, -0.2) is 0 Å². The Morgan fingerprint density at radius 1 is 1.17 bits per heavy atom. The Morgan fingerprint density at radius 2 is 1.94 bits per heavy atom. The van der Waals surface area contributed by atoms with Gasteiger partial charge in [-0.15, -0.1) is 0 Å². The van der Waals surface area contributed by atoms with Crippen molar-refractivity contribution in [2.45, 2.75) is 33.6 Å². The van der Waals surface area contributed by atoms with Crippen molar-refractivity contribution >= 4 is 0 Å². The molecule has 3 aliphatic rings. The average molecular weight is 236 g/mol. The molecule has 0 amide bonds. The minimum Gasteiger partial charge on any atom is -0.0958 e. The van der Waals surface area contributed by atoms with Gasteiger partial charge in [0.15, 0.2) is 0 Å². The van der Waals surface area contributed by atoms with E-state index in [9.17, 15) is 0 Å². The predicted octanol–water partition coefficient (Wildman–Crippen LogP) is 5.04. The molecule has 0 aromatic heterocycles. The summed E-state index contributed by atoms with van der Waals surface area (Å²) < 4.78 is 0. The first kappa shape index (κ1) is 11.5. The molecule has 18 heavy (non-hydrogen) atoms. The first-order valence-corrected chi connectivity index (χ1v) is 6.75. The van der Waals surface area contributed by atoms with E-state index in [1.54, 1.807) is 0 Å². The maximum atomic E-state index is 4.09. The summed E-state index contributed by atoms with van der Waals surface area (Å²) in [5, 5.41) is 0. The topological polar surface area (TPSA) is 0 Å². The third-order valence-electron chi connectivity index (χ3n) is 4.33. The molecule has 0 aliphatic heterocycles. The van der Waals surface area contributed by atoms with Gasteiger partial charge in [0.1, 0.15) is 0 Å². The molecule has 1 atom stereocenters. The van der Waals surface area contributed by atoms with Crippen LogP contribution in [0.1, 0.15) is 33.6 Å². The third kappa shape index (κ3) is 1.77. The summed E-state index contributed by atoms with van der Waals surface area (Å²) in [6.45, 7) is 10.7. The van der Waals surface area contributed by atoms with E-state index in [0.717, 1.165) is 6.42 Å². The molecule has 0 heteroatoms. The minimum absolute atomic E-state index is 0.633. The molecule has 0 aromatic carbocycles. The fraction of sp³-hybridized carbons (Fsp3) is 0.333. The Hall–Kier alpha value is -1.56. The molecule has 0 nitrogen and oxygen atoms in total. The highest BCUT2D eigenvalue weighted by molar-refractivity contribution is 5.64. The maximum Gasteiger partial charge on any atom is 0.0237 e. The molecule has 0 bridgehead atoms. The van der Waals surface area contributed by atoms with E-state index in [-0.39, 0.29) is 0 Å². The van der Waals surface area contributed by atoms with E-state index in [0.29, 0.717) is 5.92 Å². The van der Waals surface area contributed by atoms with Crippen molar-refractivity contribution < 1.29 is 0 Å². The van der Waals surface area contributed by atoms with Gasteiger partial charge in [-0.1, -0.05) is 47.6 Å².